The van der Waals surface area contributed by atoms with Gasteiger partial charge in [-0.15, -0.1) is 0 Å². The van der Waals surface area contributed by atoms with Gasteiger partial charge in [0.05, 0.1) is 18.1 Å². The van der Waals surface area contributed by atoms with Gasteiger partial charge < -0.3 is 10.4 Å². The van der Waals surface area contributed by atoms with E-state index >= 15 is 0 Å². The molecule has 3 nitrogen and oxygen atoms in total. The first-order chi connectivity index (χ1) is 8.24. The summed E-state index contributed by atoms with van der Waals surface area (Å²) in [5.74, 6) is 0.0766. The predicted octanol–water partition coefficient (Wildman–Crippen LogP) is 1.36. The number of fused-ring (bicyclic) bond motifs is 1. The van der Waals surface area contributed by atoms with Gasteiger partial charge in [0, 0.05) is 0 Å². The van der Waals surface area contributed by atoms with Crippen molar-refractivity contribution < 1.29 is 9.90 Å². The molecule has 2 aliphatic rings. The summed E-state index contributed by atoms with van der Waals surface area (Å²) >= 11 is 0. The summed E-state index contributed by atoms with van der Waals surface area (Å²) in [6.07, 6.45) is 3.75. The number of benzene rings is 1. The molecule has 0 radical (unpaired) electrons. The minimum absolute atomic E-state index is 0.00442. The van der Waals surface area contributed by atoms with Gasteiger partial charge in [0.25, 0.3) is 0 Å². The minimum Gasteiger partial charge on any atom is -0.394 e. The third-order valence-corrected chi connectivity index (χ3v) is 4.17. The van der Waals surface area contributed by atoms with Crippen LogP contribution in [-0.2, 0) is 11.2 Å². The van der Waals surface area contributed by atoms with Gasteiger partial charge in [0.1, 0.15) is 0 Å². The number of carbonyl (C=O) groups is 1. The van der Waals surface area contributed by atoms with Crippen LogP contribution in [0.25, 0.3) is 0 Å². The van der Waals surface area contributed by atoms with E-state index in [1.807, 2.05) is 18.2 Å². The summed E-state index contributed by atoms with van der Waals surface area (Å²) in [6.45, 7) is 0.0626. The van der Waals surface area contributed by atoms with Crippen LogP contribution >= 0.6 is 0 Å². The number of nitrogens with one attached hydrogen (secondary N) is 1. The summed E-state index contributed by atoms with van der Waals surface area (Å²) in [6, 6.07) is 8.08. The van der Waals surface area contributed by atoms with Crippen molar-refractivity contribution in [3.05, 3.63) is 35.4 Å². The van der Waals surface area contributed by atoms with Gasteiger partial charge >= 0.3 is 0 Å². The first kappa shape index (κ1) is 10.8. The van der Waals surface area contributed by atoms with Gasteiger partial charge in [-0.25, -0.2) is 0 Å². The molecule has 17 heavy (non-hydrogen) atoms. The van der Waals surface area contributed by atoms with Crippen molar-refractivity contribution in [3.8, 4) is 0 Å². The van der Waals surface area contributed by atoms with Gasteiger partial charge in [0.15, 0.2) is 0 Å². The fourth-order valence-corrected chi connectivity index (χ4v) is 2.77. The van der Waals surface area contributed by atoms with Crippen LogP contribution in [0.2, 0.25) is 0 Å². The van der Waals surface area contributed by atoms with Crippen LogP contribution in [0.4, 0.5) is 0 Å². The SMILES string of the molecule is O=C(NC1(CO)CCC1)C1Cc2ccccc21. The number of hydrogen-bond acceptors (Lipinski definition) is 2. The van der Waals surface area contributed by atoms with E-state index in [2.05, 4.69) is 11.4 Å². The van der Waals surface area contributed by atoms with Crippen LogP contribution < -0.4 is 5.32 Å². The molecular weight excluding hydrogens is 214 g/mol. The Morgan fingerprint density at radius 1 is 1.41 bits per heavy atom. The molecule has 2 aliphatic carbocycles. The molecule has 2 N–H and O–H groups in total. The van der Waals surface area contributed by atoms with E-state index in [1.165, 1.54) is 5.56 Å². The topological polar surface area (TPSA) is 49.3 Å². The van der Waals surface area contributed by atoms with Crippen molar-refractivity contribution in [1.82, 2.24) is 5.32 Å². The van der Waals surface area contributed by atoms with E-state index in [1.54, 1.807) is 0 Å². The Labute approximate surface area is 101 Å². The normalized spacial score (nSPS) is 24.2. The second kappa shape index (κ2) is 3.84. The second-order valence-electron chi connectivity index (χ2n) is 5.24. The summed E-state index contributed by atoms with van der Waals surface area (Å²) in [7, 11) is 0. The third-order valence-electron chi connectivity index (χ3n) is 4.17. The Hall–Kier alpha value is -1.35. The Morgan fingerprint density at radius 2 is 2.18 bits per heavy atom. The van der Waals surface area contributed by atoms with Crippen LogP contribution in [0, 0.1) is 0 Å². The van der Waals surface area contributed by atoms with Crippen molar-refractivity contribution >= 4 is 5.91 Å². The quantitative estimate of drug-likeness (QED) is 0.825. The maximum Gasteiger partial charge on any atom is 0.228 e. The van der Waals surface area contributed by atoms with Gasteiger partial charge in [0.2, 0.25) is 5.91 Å². The molecule has 1 aromatic rings. The minimum atomic E-state index is -0.318. The van der Waals surface area contributed by atoms with Crippen LogP contribution in [0.15, 0.2) is 24.3 Å². The number of aliphatic hydroxyl groups excluding tert-OH is 1. The lowest BCUT2D eigenvalue weighted by Gasteiger charge is -2.43. The van der Waals surface area contributed by atoms with E-state index in [0.717, 1.165) is 31.2 Å². The summed E-state index contributed by atoms with van der Waals surface area (Å²) < 4.78 is 0. The number of aliphatic hydroxyl groups is 1. The molecule has 3 heteroatoms. The number of hydrogen-bond donors (Lipinski definition) is 2. The zero-order valence-electron chi connectivity index (χ0n) is 9.78. The fraction of sp³-hybridized carbons (Fsp3) is 0.500. The van der Waals surface area contributed by atoms with Crippen molar-refractivity contribution in [2.75, 3.05) is 6.61 Å². The van der Waals surface area contributed by atoms with Gasteiger partial charge in [-0.2, -0.15) is 0 Å². The molecular formula is C14H17NO2. The maximum absolute atomic E-state index is 12.1. The van der Waals surface area contributed by atoms with Crippen molar-refractivity contribution in [3.63, 3.8) is 0 Å². The molecule has 3 rings (SSSR count). The molecule has 1 unspecified atom stereocenters. The molecule has 1 aromatic carbocycles. The first-order valence-electron chi connectivity index (χ1n) is 6.25. The van der Waals surface area contributed by atoms with E-state index in [0.29, 0.717) is 0 Å². The molecule has 0 heterocycles. The third kappa shape index (κ3) is 1.65. The monoisotopic (exact) mass is 231 g/mol. The number of amides is 1. The van der Waals surface area contributed by atoms with E-state index in [9.17, 15) is 9.90 Å². The smallest absolute Gasteiger partial charge is 0.228 e. The Bertz CT molecular complexity index is 446. The average molecular weight is 231 g/mol. The summed E-state index contributed by atoms with van der Waals surface area (Å²) in [5.41, 5.74) is 2.11. The Kier molecular flexibility index (Phi) is 2.44. The zero-order chi connectivity index (χ0) is 11.9. The zero-order valence-corrected chi connectivity index (χ0v) is 9.78. The highest BCUT2D eigenvalue weighted by Crippen LogP contribution is 2.37. The lowest BCUT2D eigenvalue weighted by molar-refractivity contribution is -0.127. The second-order valence-corrected chi connectivity index (χ2v) is 5.24. The molecule has 1 amide bonds. The van der Waals surface area contributed by atoms with Gasteiger partial charge in [-0.3, -0.25) is 4.79 Å². The molecule has 1 fully saturated rings. The summed E-state index contributed by atoms with van der Waals surface area (Å²) in [4.78, 5) is 12.1. The molecule has 1 atom stereocenters. The fourth-order valence-electron chi connectivity index (χ4n) is 2.77. The molecule has 0 aromatic heterocycles. The molecule has 0 bridgehead atoms. The lowest BCUT2D eigenvalue weighted by Crippen LogP contribution is -2.57. The molecule has 0 saturated heterocycles. The highest BCUT2D eigenvalue weighted by Gasteiger charge is 2.41. The van der Waals surface area contributed by atoms with Crippen LogP contribution in [0.1, 0.15) is 36.3 Å². The predicted molar refractivity (Wildman–Crippen MR) is 64.7 cm³/mol. The maximum atomic E-state index is 12.1. The Morgan fingerprint density at radius 3 is 2.76 bits per heavy atom. The molecule has 0 aliphatic heterocycles. The van der Waals surface area contributed by atoms with Crippen LogP contribution in [-0.4, -0.2) is 23.2 Å². The van der Waals surface area contributed by atoms with Crippen LogP contribution in [0.3, 0.4) is 0 Å². The number of carbonyl (C=O) groups excluding carboxylic acids is 1. The molecule has 1 saturated carbocycles. The number of rotatable bonds is 3. The molecule has 90 valence electrons. The lowest BCUT2D eigenvalue weighted by atomic mass is 9.74. The first-order valence-corrected chi connectivity index (χ1v) is 6.25. The van der Waals surface area contributed by atoms with Gasteiger partial charge in [-0.05, 0) is 36.8 Å². The molecule has 0 spiro atoms. The highest BCUT2D eigenvalue weighted by atomic mass is 16.3. The average Bonchev–Trinajstić information content (AvgIpc) is 2.25. The standard InChI is InChI=1S/C14H17NO2/c16-9-14(6-3-7-14)15-13(17)12-8-10-4-1-2-5-11(10)12/h1-2,4-5,12,16H,3,6-9H2,(H,15,17). The van der Waals surface area contributed by atoms with Gasteiger partial charge in [-0.1, -0.05) is 24.3 Å². The van der Waals surface area contributed by atoms with Crippen LogP contribution in [0.5, 0.6) is 0 Å². The van der Waals surface area contributed by atoms with E-state index in [-0.39, 0.29) is 24.0 Å². The largest absolute Gasteiger partial charge is 0.394 e. The summed E-state index contributed by atoms with van der Waals surface area (Å²) in [5, 5.41) is 12.4. The van der Waals surface area contributed by atoms with Crippen molar-refractivity contribution in [1.29, 1.82) is 0 Å². The highest BCUT2D eigenvalue weighted by molar-refractivity contribution is 5.87. The Balaban J connectivity index is 1.69. The van der Waals surface area contributed by atoms with Crippen molar-refractivity contribution in [2.24, 2.45) is 0 Å². The van der Waals surface area contributed by atoms with Crippen molar-refractivity contribution in [2.45, 2.75) is 37.1 Å². The van der Waals surface area contributed by atoms with E-state index < -0.39 is 0 Å². The van der Waals surface area contributed by atoms with E-state index in [4.69, 9.17) is 0 Å².